The smallest absolute Gasteiger partial charge is 0.180 e. The van der Waals surface area contributed by atoms with Crippen molar-refractivity contribution < 1.29 is 30.7 Å². The summed E-state index contributed by atoms with van der Waals surface area (Å²) in [5, 5.41) is 98.2. The molecule has 298 valence electrons. The summed E-state index contributed by atoms with van der Waals surface area (Å²) in [5.41, 5.74) is -13.0. The fourth-order valence-electron chi connectivity index (χ4n) is 8.32. The Morgan fingerprint density at radius 3 is 1.42 bits per heavy atom. The van der Waals surface area contributed by atoms with Crippen LogP contribution in [0.2, 0.25) is 0 Å². The summed E-state index contributed by atoms with van der Waals surface area (Å²) in [6, 6.07) is 23.5. The number of benzene rings is 5. The van der Waals surface area contributed by atoms with Gasteiger partial charge in [0.25, 0.3) is 0 Å². The monoisotopic (exact) mass is 856 g/mol. The molecule has 0 aliphatic heterocycles. The Morgan fingerprint density at radius 1 is 0.369 bits per heavy atom. The second-order valence-electron chi connectivity index (χ2n) is 13.9. The summed E-state index contributed by atoms with van der Waals surface area (Å²) in [5.74, 6) is -14.5. The molecular formula is C48H7F7N10. The number of nitrogens with zero attached hydrogens (tertiary/aromatic N) is 10. The normalized spacial score (nSPS) is 12.2. The van der Waals surface area contributed by atoms with E-state index in [0.29, 0.717) is 0 Å². The molecule has 0 heterocycles. The Hall–Kier alpha value is -10.5. The summed E-state index contributed by atoms with van der Waals surface area (Å²) >= 11 is 0. The number of hydrogen-bond acceptors (Lipinski definition) is 10. The lowest BCUT2D eigenvalue weighted by Gasteiger charge is -2.15. The van der Waals surface area contributed by atoms with Crippen molar-refractivity contribution in [2.75, 3.05) is 0 Å². The van der Waals surface area contributed by atoms with E-state index in [4.69, 9.17) is 0 Å². The zero-order chi connectivity index (χ0) is 46.9. The van der Waals surface area contributed by atoms with E-state index in [-0.39, 0.29) is 33.0 Å². The van der Waals surface area contributed by atoms with E-state index < -0.39 is 140 Å². The highest BCUT2D eigenvalue weighted by Crippen LogP contribution is 2.56. The first-order valence-electron chi connectivity index (χ1n) is 17.9. The van der Waals surface area contributed by atoms with Gasteiger partial charge in [-0.05, 0) is 59.0 Å². The number of rotatable bonds is 2. The van der Waals surface area contributed by atoms with Gasteiger partial charge >= 0.3 is 0 Å². The molecule has 0 amide bonds. The average molecular weight is 857 g/mol. The largest absolute Gasteiger partial charge is 0.205 e. The topological polar surface area (TPSA) is 238 Å². The Balaban J connectivity index is 1.72. The van der Waals surface area contributed by atoms with Crippen LogP contribution < -0.4 is 0 Å². The molecule has 5 aromatic rings. The van der Waals surface area contributed by atoms with Crippen LogP contribution in [0.15, 0.2) is 42.5 Å². The molecule has 0 bridgehead atoms. The summed E-state index contributed by atoms with van der Waals surface area (Å²) in [6.07, 6.45) is 0. The van der Waals surface area contributed by atoms with Gasteiger partial charge in [0, 0.05) is 54.8 Å². The number of halogens is 7. The quantitative estimate of drug-likeness (QED) is 0.0905. The first kappa shape index (κ1) is 41.2. The highest BCUT2D eigenvalue weighted by Gasteiger charge is 2.40. The molecule has 0 fully saturated rings. The van der Waals surface area contributed by atoms with E-state index in [1.165, 1.54) is 6.07 Å². The van der Waals surface area contributed by atoms with Crippen LogP contribution in [0.25, 0.3) is 65.7 Å². The molecule has 0 aromatic heterocycles. The molecule has 0 unspecified atom stereocenters. The van der Waals surface area contributed by atoms with Crippen LogP contribution in [0.5, 0.6) is 0 Å². The Bertz CT molecular complexity index is 3980. The number of nitriles is 10. The molecule has 10 nitrogen and oxygen atoms in total. The van der Waals surface area contributed by atoms with Crippen molar-refractivity contribution in [3.63, 3.8) is 0 Å². The molecule has 8 rings (SSSR count). The van der Waals surface area contributed by atoms with Gasteiger partial charge in [0.05, 0.1) is 74.4 Å². The molecule has 0 saturated heterocycles. The molecule has 0 spiro atoms. The fraction of sp³-hybridized carbons (Fsp3) is 0. The SMILES string of the molecule is N#CC1=C(c2c(F)c(F)c(C#N)c(F)c2F)/C(=C(/C#N)c2cc(C#N)cc(C#N)c2)c2cc3c4c(C#N)c5cc(C#N)cc(C#N)c5c5c(F)c(C#N)c(F)c(F)c5c-4c(C#N)c3cc21. The van der Waals surface area contributed by atoms with Gasteiger partial charge in [-0.2, -0.15) is 52.6 Å². The van der Waals surface area contributed by atoms with Gasteiger partial charge in [0.15, 0.2) is 40.7 Å². The lowest BCUT2D eigenvalue weighted by atomic mass is 9.87. The lowest BCUT2D eigenvalue weighted by molar-refractivity contribution is 0.447. The van der Waals surface area contributed by atoms with Gasteiger partial charge < -0.3 is 0 Å². The first-order valence-corrected chi connectivity index (χ1v) is 17.9. The molecule has 5 aromatic carbocycles. The van der Waals surface area contributed by atoms with Crippen molar-refractivity contribution in [3.8, 4) is 71.8 Å². The van der Waals surface area contributed by atoms with E-state index in [1.54, 1.807) is 42.5 Å². The first-order chi connectivity index (χ1) is 31.2. The molecular weight excluding hydrogens is 850 g/mol. The standard InChI is InChI=1S/C48H7F7N10/c49-42-32(16-64)43(50)46(53)40-37-29(13-61)24-6-23-26(7-27(24)36(37)31(15-63)25-5-20(10-58)4-22(11-59)34(25)39(40)42)35(28(12-60)21-2-18(8-56)1-19(3-21)9-57)38(30(23)14-62)41-47(54)44(51)33(17-65)45(52)48(41)55/h1-7H/b35-28-. The maximum atomic E-state index is 16.7. The van der Waals surface area contributed by atoms with Crippen LogP contribution in [0.1, 0.15) is 66.8 Å². The average Bonchev–Trinajstić information content (AvgIpc) is 3.75. The van der Waals surface area contributed by atoms with Crippen LogP contribution in [-0.2, 0) is 0 Å². The van der Waals surface area contributed by atoms with Gasteiger partial charge in [-0.15, -0.1) is 0 Å². The maximum absolute atomic E-state index is 16.7. The predicted molar refractivity (Wildman–Crippen MR) is 211 cm³/mol. The van der Waals surface area contributed by atoms with E-state index in [0.717, 1.165) is 48.5 Å². The molecule has 0 radical (unpaired) electrons. The second-order valence-corrected chi connectivity index (χ2v) is 13.9. The highest BCUT2D eigenvalue weighted by molar-refractivity contribution is 6.33. The third-order valence-corrected chi connectivity index (χ3v) is 10.9. The number of fused-ring (bicyclic) bond motifs is 8. The third kappa shape index (κ3) is 5.43. The molecule has 0 saturated carbocycles. The molecule has 17 heteroatoms. The Labute approximate surface area is 358 Å². The third-order valence-electron chi connectivity index (χ3n) is 10.9. The van der Waals surface area contributed by atoms with Crippen molar-refractivity contribution in [1.82, 2.24) is 0 Å². The number of hydrogen-bond donors (Lipinski definition) is 0. The van der Waals surface area contributed by atoms with Gasteiger partial charge in [-0.25, -0.2) is 30.7 Å². The van der Waals surface area contributed by atoms with Gasteiger partial charge in [-0.3, -0.25) is 0 Å². The Kier molecular flexibility index (Phi) is 9.43. The summed E-state index contributed by atoms with van der Waals surface area (Å²) in [7, 11) is 0. The molecule has 3 aliphatic rings. The summed E-state index contributed by atoms with van der Waals surface area (Å²) in [6.45, 7) is 0. The van der Waals surface area contributed by atoms with Gasteiger partial charge in [0.2, 0.25) is 0 Å². The maximum Gasteiger partial charge on any atom is 0.180 e. The second kappa shape index (κ2) is 14.9. The van der Waals surface area contributed by atoms with Crippen molar-refractivity contribution in [3.05, 3.63) is 150 Å². The van der Waals surface area contributed by atoms with E-state index >= 15 is 30.7 Å². The van der Waals surface area contributed by atoms with Crippen LogP contribution in [-0.4, -0.2) is 0 Å². The fourth-order valence-corrected chi connectivity index (χ4v) is 8.32. The van der Waals surface area contributed by atoms with E-state index in [9.17, 15) is 52.6 Å². The Morgan fingerprint density at radius 2 is 0.892 bits per heavy atom. The zero-order valence-corrected chi connectivity index (χ0v) is 31.7. The molecule has 3 aliphatic carbocycles. The van der Waals surface area contributed by atoms with Crippen molar-refractivity contribution in [1.29, 1.82) is 52.6 Å². The van der Waals surface area contributed by atoms with Gasteiger partial charge in [0.1, 0.15) is 47.5 Å². The minimum Gasteiger partial charge on any atom is -0.205 e. The molecule has 0 N–H and O–H groups in total. The van der Waals surface area contributed by atoms with Crippen LogP contribution in [0.3, 0.4) is 0 Å². The molecule has 65 heavy (non-hydrogen) atoms. The summed E-state index contributed by atoms with van der Waals surface area (Å²) in [4.78, 5) is 0. The van der Waals surface area contributed by atoms with E-state index in [1.807, 2.05) is 6.07 Å². The van der Waals surface area contributed by atoms with Crippen molar-refractivity contribution >= 4 is 54.6 Å². The minimum atomic E-state index is -2.20. The summed E-state index contributed by atoms with van der Waals surface area (Å²) < 4.78 is 112. The van der Waals surface area contributed by atoms with Crippen molar-refractivity contribution in [2.45, 2.75) is 0 Å². The lowest BCUT2D eigenvalue weighted by Crippen LogP contribution is -2.07. The van der Waals surface area contributed by atoms with Crippen LogP contribution in [0, 0.1) is 154 Å². The van der Waals surface area contributed by atoms with Crippen LogP contribution >= 0.6 is 0 Å². The number of allylic oxidation sites excluding steroid dienone is 4. The highest BCUT2D eigenvalue weighted by atomic mass is 19.2. The molecule has 0 atom stereocenters. The zero-order valence-electron chi connectivity index (χ0n) is 31.7. The predicted octanol–water partition coefficient (Wildman–Crippen LogP) is 10.1. The minimum absolute atomic E-state index is 0.236. The van der Waals surface area contributed by atoms with E-state index in [2.05, 4.69) is 0 Å². The van der Waals surface area contributed by atoms with Gasteiger partial charge in [-0.1, -0.05) is 0 Å². The van der Waals surface area contributed by atoms with Crippen molar-refractivity contribution in [2.24, 2.45) is 0 Å². The van der Waals surface area contributed by atoms with Crippen LogP contribution in [0.4, 0.5) is 30.7 Å².